The molecule has 92 valence electrons. The molecule has 17 heavy (non-hydrogen) atoms. The predicted octanol–water partition coefficient (Wildman–Crippen LogP) is 2.32. The van der Waals surface area contributed by atoms with Crippen LogP contribution in [0.2, 0.25) is 0 Å². The van der Waals surface area contributed by atoms with Crippen molar-refractivity contribution in [2.45, 2.75) is 6.43 Å². The van der Waals surface area contributed by atoms with Crippen molar-refractivity contribution >= 4 is 34.2 Å². The van der Waals surface area contributed by atoms with Crippen LogP contribution >= 0.6 is 22.6 Å². The number of ether oxygens (including phenoxy) is 1. The van der Waals surface area contributed by atoms with Gasteiger partial charge in [-0.1, -0.05) is 0 Å². The van der Waals surface area contributed by atoms with Crippen LogP contribution in [0.1, 0.15) is 22.6 Å². The predicted molar refractivity (Wildman–Crippen MR) is 59.9 cm³/mol. The van der Waals surface area contributed by atoms with Gasteiger partial charge in [-0.2, -0.15) is 0 Å². The van der Waals surface area contributed by atoms with Gasteiger partial charge in [0.2, 0.25) is 5.69 Å². The van der Waals surface area contributed by atoms with Gasteiger partial charge < -0.3 is 4.74 Å². The fraction of sp³-hybridized carbons (Fsp3) is 0.250. The number of carbonyl (C=O) groups is 1. The van der Waals surface area contributed by atoms with E-state index in [0.717, 1.165) is 13.2 Å². The molecule has 0 N–H and O–H groups in total. The molecular formula is C8H5F2IN2O4. The molecule has 0 aromatic carbocycles. The number of halogens is 3. The smallest absolute Gasteiger partial charge is 0.363 e. The van der Waals surface area contributed by atoms with Gasteiger partial charge >= 0.3 is 11.7 Å². The van der Waals surface area contributed by atoms with E-state index in [2.05, 4.69) is 9.72 Å². The van der Waals surface area contributed by atoms with Crippen LogP contribution in [0.5, 0.6) is 0 Å². The van der Waals surface area contributed by atoms with Crippen molar-refractivity contribution in [3.8, 4) is 0 Å². The summed E-state index contributed by atoms with van der Waals surface area (Å²) in [5.74, 6) is -1.13. The standard InChI is InChI=1S/C8H5F2IN2O4/c1-17-8(14)5-6(13(15)16)3(11)2-4(12-5)7(9)10/h2,7H,1H3. The summed E-state index contributed by atoms with van der Waals surface area (Å²) in [6.07, 6.45) is -2.92. The van der Waals surface area contributed by atoms with Gasteiger partial charge in [0.1, 0.15) is 5.69 Å². The van der Waals surface area contributed by atoms with E-state index in [1.165, 1.54) is 22.6 Å². The highest BCUT2D eigenvalue weighted by Gasteiger charge is 2.29. The van der Waals surface area contributed by atoms with Crippen molar-refractivity contribution in [1.82, 2.24) is 4.98 Å². The van der Waals surface area contributed by atoms with Crippen LogP contribution < -0.4 is 0 Å². The Morgan fingerprint density at radius 3 is 2.65 bits per heavy atom. The van der Waals surface area contributed by atoms with Crippen molar-refractivity contribution in [2.75, 3.05) is 7.11 Å². The first kappa shape index (κ1) is 13.7. The second kappa shape index (κ2) is 5.29. The number of esters is 1. The van der Waals surface area contributed by atoms with Crippen molar-refractivity contribution in [3.63, 3.8) is 0 Å². The topological polar surface area (TPSA) is 82.3 Å². The number of nitrogens with zero attached hydrogens (tertiary/aromatic N) is 2. The molecule has 0 radical (unpaired) electrons. The van der Waals surface area contributed by atoms with E-state index in [-0.39, 0.29) is 3.57 Å². The third-order valence-corrected chi connectivity index (χ3v) is 2.57. The van der Waals surface area contributed by atoms with Crippen molar-refractivity contribution in [2.24, 2.45) is 0 Å². The molecule has 0 amide bonds. The Hall–Kier alpha value is -1.39. The third kappa shape index (κ3) is 2.84. The molecule has 0 fully saturated rings. The van der Waals surface area contributed by atoms with Crippen molar-refractivity contribution in [1.29, 1.82) is 0 Å². The Morgan fingerprint density at radius 1 is 1.65 bits per heavy atom. The fourth-order valence-corrected chi connectivity index (χ4v) is 1.82. The van der Waals surface area contributed by atoms with Gasteiger partial charge in [-0.25, -0.2) is 18.6 Å². The number of rotatable bonds is 3. The normalized spacial score (nSPS) is 10.4. The van der Waals surface area contributed by atoms with E-state index in [1.54, 1.807) is 0 Å². The lowest BCUT2D eigenvalue weighted by atomic mass is 10.2. The zero-order valence-corrected chi connectivity index (χ0v) is 10.5. The lowest BCUT2D eigenvalue weighted by molar-refractivity contribution is -0.386. The molecule has 0 saturated carbocycles. The maximum atomic E-state index is 12.4. The quantitative estimate of drug-likeness (QED) is 0.359. The van der Waals surface area contributed by atoms with Crippen LogP contribution in [-0.4, -0.2) is 23.0 Å². The first-order chi connectivity index (χ1) is 7.88. The van der Waals surface area contributed by atoms with E-state index in [4.69, 9.17) is 0 Å². The summed E-state index contributed by atoms with van der Waals surface area (Å²) >= 11 is 1.49. The molecular weight excluding hydrogens is 353 g/mol. The maximum absolute atomic E-state index is 12.4. The average Bonchev–Trinajstić information content (AvgIpc) is 2.26. The van der Waals surface area contributed by atoms with Crippen molar-refractivity contribution in [3.05, 3.63) is 31.1 Å². The first-order valence-corrected chi connectivity index (χ1v) is 5.17. The van der Waals surface area contributed by atoms with Crippen LogP contribution in [0.4, 0.5) is 14.5 Å². The molecule has 0 unspecified atom stereocenters. The number of hydrogen-bond acceptors (Lipinski definition) is 5. The van der Waals surface area contributed by atoms with E-state index >= 15 is 0 Å². The van der Waals surface area contributed by atoms with Crippen LogP contribution in [0.3, 0.4) is 0 Å². The van der Waals surface area contributed by atoms with Crippen LogP contribution in [0.15, 0.2) is 6.07 Å². The largest absolute Gasteiger partial charge is 0.464 e. The summed E-state index contributed by atoms with van der Waals surface area (Å²) in [7, 11) is 0.982. The third-order valence-electron chi connectivity index (χ3n) is 1.75. The van der Waals surface area contributed by atoms with Gasteiger partial charge in [-0.3, -0.25) is 10.1 Å². The molecule has 0 aliphatic carbocycles. The SMILES string of the molecule is COC(=O)c1nc(C(F)F)cc(I)c1[N+](=O)[O-]. The first-order valence-electron chi connectivity index (χ1n) is 4.09. The van der Waals surface area contributed by atoms with Crippen LogP contribution in [-0.2, 0) is 4.74 Å². The highest BCUT2D eigenvalue weighted by Crippen LogP contribution is 2.29. The summed E-state index contributed by atoms with van der Waals surface area (Å²) in [6, 6.07) is 0.857. The molecule has 0 spiro atoms. The van der Waals surface area contributed by atoms with Crippen LogP contribution in [0, 0.1) is 13.7 Å². The molecule has 9 heteroatoms. The summed E-state index contributed by atoms with van der Waals surface area (Å²) < 4.78 is 29.0. The number of nitro groups is 1. The number of methoxy groups -OCH3 is 1. The zero-order valence-electron chi connectivity index (χ0n) is 8.32. The average molecular weight is 358 g/mol. The summed E-state index contributed by atoms with van der Waals surface area (Å²) in [5.41, 5.74) is -2.07. The van der Waals surface area contributed by atoms with Gasteiger partial charge in [0.15, 0.2) is 0 Å². The second-order valence-corrected chi connectivity index (χ2v) is 3.94. The molecule has 1 heterocycles. The Balaban J connectivity index is 3.50. The minimum atomic E-state index is -2.92. The zero-order chi connectivity index (χ0) is 13.2. The monoisotopic (exact) mass is 358 g/mol. The minimum absolute atomic E-state index is 0.0988. The van der Waals surface area contributed by atoms with E-state index in [1.807, 2.05) is 0 Å². The van der Waals surface area contributed by atoms with Crippen LogP contribution in [0.25, 0.3) is 0 Å². The summed E-state index contributed by atoms with van der Waals surface area (Å²) in [5, 5.41) is 10.7. The highest BCUT2D eigenvalue weighted by molar-refractivity contribution is 14.1. The second-order valence-electron chi connectivity index (χ2n) is 2.78. The molecule has 0 saturated heterocycles. The number of alkyl halides is 2. The summed E-state index contributed by atoms with van der Waals surface area (Å²) in [4.78, 5) is 24.3. The fourth-order valence-electron chi connectivity index (χ4n) is 1.05. The van der Waals surface area contributed by atoms with Gasteiger partial charge in [0, 0.05) is 0 Å². The number of carbonyl (C=O) groups excluding carboxylic acids is 1. The molecule has 0 aliphatic rings. The lowest BCUT2D eigenvalue weighted by Gasteiger charge is -2.05. The number of hydrogen-bond donors (Lipinski definition) is 0. The molecule has 1 aromatic heterocycles. The maximum Gasteiger partial charge on any atom is 0.363 e. The summed E-state index contributed by atoms with van der Waals surface area (Å²) in [6.45, 7) is 0. The molecule has 0 atom stereocenters. The molecule has 1 aromatic rings. The van der Waals surface area contributed by atoms with E-state index in [0.29, 0.717) is 0 Å². The molecule has 1 rings (SSSR count). The van der Waals surface area contributed by atoms with E-state index < -0.39 is 34.4 Å². The van der Waals surface area contributed by atoms with E-state index in [9.17, 15) is 23.7 Å². The number of aromatic nitrogens is 1. The molecule has 6 nitrogen and oxygen atoms in total. The van der Waals surface area contributed by atoms with Gasteiger partial charge in [0.25, 0.3) is 6.43 Å². The highest BCUT2D eigenvalue weighted by atomic mass is 127. The molecule has 0 aliphatic heterocycles. The Kier molecular flexibility index (Phi) is 4.26. The molecule has 0 bridgehead atoms. The lowest BCUT2D eigenvalue weighted by Crippen LogP contribution is -2.11. The van der Waals surface area contributed by atoms with Crippen molar-refractivity contribution < 1.29 is 23.2 Å². The van der Waals surface area contributed by atoms with Gasteiger partial charge in [-0.15, -0.1) is 0 Å². The number of pyridine rings is 1. The Morgan fingerprint density at radius 2 is 2.24 bits per heavy atom. The minimum Gasteiger partial charge on any atom is -0.464 e. The Bertz CT molecular complexity index is 481. The van der Waals surface area contributed by atoms with Gasteiger partial charge in [0.05, 0.1) is 15.6 Å². The Labute approximate surface area is 107 Å². The van der Waals surface area contributed by atoms with Gasteiger partial charge in [-0.05, 0) is 28.7 Å².